The van der Waals surface area contributed by atoms with Crippen molar-refractivity contribution in [2.24, 2.45) is 5.92 Å². The van der Waals surface area contributed by atoms with Gasteiger partial charge in [-0.1, -0.05) is 0 Å². The number of rotatable bonds is 6. The van der Waals surface area contributed by atoms with Crippen LogP contribution in [-0.4, -0.2) is 30.0 Å². The third-order valence-electron chi connectivity index (χ3n) is 3.15. The van der Waals surface area contributed by atoms with Crippen molar-refractivity contribution in [1.29, 1.82) is 0 Å². The van der Waals surface area contributed by atoms with Crippen LogP contribution in [0.15, 0.2) is 22.8 Å². The molecule has 1 aliphatic rings. The Kier molecular flexibility index (Phi) is 5.13. The molecule has 4 nitrogen and oxygen atoms in total. The molecule has 2 unspecified atom stereocenters. The highest BCUT2D eigenvalue weighted by atomic mass is 32.2. The van der Waals surface area contributed by atoms with E-state index in [9.17, 15) is 4.79 Å². The molecule has 2 heterocycles. The van der Waals surface area contributed by atoms with Crippen LogP contribution in [0.25, 0.3) is 0 Å². The Labute approximate surface area is 112 Å². The Morgan fingerprint density at radius 2 is 2.56 bits per heavy atom. The van der Waals surface area contributed by atoms with E-state index in [1.807, 2.05) is 30.8 Å². The fourth-order valence-corrected chi connectivity index (χ4v) is 3.21. The van der Waals surface area contributed by atoms with Crippen molar-refractivity contribution in [2.75, 3.05) is 18.1 Å². The van der Waals surface area contributed by atoms with E-state index < -0.39 is 0 Å². The minimum Gasteiger partial charge on any atom is -0.467 e. The maximum atomic E-state index is 11.8. The highest BCUT2D eigenvalue weighted by Crippen LogP contribution is 2.22. The predicted octanol–water partition coefficient (Wildman–Crippen LogP) is 1.63. The number of thioether (sulfide) groups is 1. The van der Waals surface area contributed by atoms with Crippen LogP contribution in [0, 0.1) is 5.92 Å². The molecule has 1 fully saturated rings. The molecule has 100 valence electrons. The van der Waals surface area contributed by atoms with E-state index in [1.54, 1.807) is 6.26 Å². The second kappa shape index (κ2) is 6.85. The summed E-state index contributed by atoms with van der Waals surface area (Å²) in [5.41, 5.74) is 0. The van der Waals surface area contributed by atoms with Crippen LogP contribution in [-0.2, 0) is 11.3 Å². The predicted molar refractivity (Wildman–Crippen MR) is 73.5 cm³/mol. The molecule has 0 aromatic carbocycles. The van der Waals surface area contributed by atoms with Crippen LogP contribution >= 0.6 is 11.8 Å². The van der Waals surface area contributed by atoms with Crippen molar-refractivity contribution in [3.63, 3.8) is 0 Å². The van der Waals surface area contributed by atoms with E-state index in [-0.39, 0.29) is 11.9 Å². The van der Waals surface area contributed by atoms with Crippen molar-refractivity contribution in [2.45, 2.75) is 25.9 Å². The molecular formula is C13H20N2O2S. The fourth-order valence-electron chi connectivity index (χ4n) is 1.92. The van der Waals surface area contributed by atoms with E-state index in [1.165, 1.54) is 17.9 Å². The van der Waals surface area contributed by atoms with Gasteiger partial charge >= 0.3 is 0 Å². The standard InChI is InChI=1S/C13H20N2O2S/c1-10(14-7-11-4-6-18-9-11)13(16)15-8-12-3-2-5-17-12/h2-3,5,10-11,14H,4,6-9H2,1H3,(H,15,16). The van der Waals surface area contributed by atoms with E-state index in [4.69, 9.17) is 4.42 Å². The molecule has 1 aliphatic heterocycles. The molecule has 18 heavy (non-hydrogen) atoms. The Morgan fingerprint density at radius 1 is 1.67 bits per heavy atom. The second-order valence-electron chi connectivity index (χ2n) is 4.66. The lowest BCUT2D eigenvalue weighted by Crippen LogP contribution is -2.43. The molecule has 0 bridgehead atoms. The molecule has 1 saturated heterocycles. The number of amides is 1. The summed E-state index contributed by atoms with van der Waals surface area (Å²) in [7, 11) is 0. The average molecular weight is 268 g/mol. The van der Waals surface area contributed by atoms with E-state index in [0.717, 1.165) is 18.2 Å². The molecule has 0 radical (unpaired) electrons. The molecule has 2 rings (SSSR count). The second-order valence-corrected chi connectivity index (χ2v) is 5.81. The summed E-state index contributed by atoms with van der Waals surface area (Å²) in [5.74, 6) is 3.99. The Hall–Kier alpha value is -0.940. The highest BCUT2D eigenvalue weighted by Gasteiger charge is 2.18. The van der Waals surface area contributed by atoms with Gasteiger partial charge in [-0.25, -0.2) is 0 Å². The summed E-state index contributed by atoms with van der Waals surface area (Å²) >= 11 is 2.00. The van der Waals surface area contributed by atoms with Gasteiger partial charge in [0, 0.05) is 0 Å². The van der Waals surface area contributed by atoms with Gasteiger partial charge in [0.2, 0.25) is 5.91 Å². The lowest BCUT2D eigenvalue weighted by Gasteiger charge is -2.16. The van der Waals surface area contributed by atoms with E-state index >= 15 is 0 Å². The Morgan fingerprint density at radius 3 is 3.22 bits per heavy atom. The number of nitrogens with one attached hydrogen (secondary N) is 2. The molecule has 2 N–H and O–H groups in total. The number of furan rings is 1. The van der Waals surface area contributed by atoms with Crippen LogP contribution in [0.5, 0.6) is 0 Å². The maximum Gasteiger partial charge on any atom is 0.237 e. The summed E-state index contributed by atoms with van der Waals surface area (Å²) in [6.45, 7) is 3.29. The van der Waals surface area contributed by atoms with Crippen LogP contribution in [0.2, 0.25) is 0 Å². The molecule has 1 aromatic rings. The summed E-state index contributed by atoms with van der Waals surface area (Å²) in [5, 5.41) is 6.16. The molecule has 5 heteroatoms. The molecule has 1 amide bonds. The third-order valence-corrected chi connectivity index (χ3v) is 4.38. The van der Waals surface area contributed by atoms with Crippen LogP contribution in [0.3, 0.4) is 0 Å². The maximum absolute atomic E-state index is 11.8. The lowest BCUT2D eigenvalue weighted by molar-refractivity contribution is -0.123. The van der Waals surface area contributed by atoms with Crippen molar-refractivity contribution < 1.29 is 9.21 Å². The zero-order valence-electron chi connectivity index (χ0n) is 10.6. The first-order valence-corrected chi connectivity index (χ1v) is 7.52. The van der Waals surface area contributed by atoms with Gasteiger partial charge in [-0.2, -0.15) is 11.8 Å². The van der Waals surface area contributed by atoms with Gasteiger partial charge < -0.3 is 15.1 Å². The molecule has 0 saturated carbocycles. The molecule has 2 atom stereocenters. The SMILES string of the molecule is CC(NCC1CCSC1)C(=O)NCc1ccco1. The first kappa shape index (κ1) is 13.5. The lowest BCUT2D eigenvalue weighted by atomic mass is 10.1. The zero-order valence-corrected chi connectivity index (χ0v) is 11.5. The Bertz CT molecular complexity index is 361. The minimum absolute atomic E-state index is 0.0250. The van der Waals surface area contributed by atoms with Gasteiger partial charge in [-0.3, -0.25) is 4.79 Å². The molecular weight excluding hydrogens is 248 g/mol. The first-order chi connectivity index (χ1) is 8.75. The van der Waals surface area contributed by atoms with Crippen molar-refractivity contribution in [1.82, 2.24) is 10.6 Å². The smallest absolute Gasteiger partial charge is 0.237 e. The van der Waals surface area contributed by atoms with E-state index in [2.05, 4.69) is 10.6 Å². The van der Waals surface area contributed by atoms with Gasteiger partial charge in [-0.15, -0.1) is 0 Å². The van der Waals surface area contributed by atoms with Gasteiger partial charge in [-0.05, 0) is 49.4 Å². The first-order valence-electron chi connectivity index (χ1n) is 6.37. The van der Waals surface area contributed by atoms with Crippen LogP contribution < -0.4 is 10.6 Å². The highest BCUT2D eigenvalue weighted by molar-refractivity contribution is 7.99. The third kappa shape index (κ3) is 4.07. The van der Waals surface area contributed by atoms with E-state index in [0.29, 0.717) is 6.54 Å². The number of carbonyl (C=O) groups excluding carboxylic acids is 1. The zero-order chi connectivity index (χ0) is 12.8. The quantitative estimate of drug-likeness (QED) is 0.823. The summed E-state index contributed by atoms with van der Waals surface area (Å²) in [4.78, 5) is 11.8. The minimum atomic E-state index is -0.148. The molecule has 0 aliphatic carbocycles. The molecule has 1 aromatic heterocycles. The van der Waals surface area contributed by atoms with Crippen LogP contribution in [0.1, 0.15) is 19.1 Å². The number of carbonyl (C=O) groups is 1. The monoisotopic (exact) mass is 268 g/mol. The largest absolute Gasteiger partial charge is 0.467 e. The topological polar surface area (TPSA) is 54.3 Å². The van der Waals surface area contributed by atoms with Crippen LogP contribution in [0.4, 0.5) is 0 Å². The normalized spacial score (nSPS) is 20.8. The fraction of sp³-hybridized carbons (Fsp3) is 0.615. The number of hydrogen-bond acceptors (Lipinski definition) is 4. The van der Waals surface area contributed by atoms with Crippen molar-refractivity contribution >= 4 is 17.7 Å². The Balaban J connectivity index is 1.64. The summed E-state index contributed by atoms with van der Waals surface area (Å²) in [6.07, 6.45) is 2.87. The number of hydrogen-bond donors (Lipinski definition) is 2. The van der Waals surface area contributed by atoms with Crippen molar-refractivity contribution in [3.05, 3.63) is 24.2 Å². The van der Waals surface area contributed by atoms with Gasteiger partial charge in [0.15, 0.2) is 0 Å². The summed E-state index contributed by atoms with van der Waals surface area (Å²) in [6, 6.07) is 3.53. The molecule has 0 spiro atoms. The van der Waals surface area contributed by atoms with Gasteiger partial charge in [0.25, 0.3) is 0 Å². The summed E-state index contributed by atoms with van der Waals surface area (Å²) < 4.78 is 5.17. The van der Waals surface area contributed by atoms with Crippen molar-refractivity contribution in [3.8, 4) is 0 Å². The van der Waals surface area contributed by atoms with Gasteiger partial charge in [0.1, 0.15) is 5.76 Å². The van der Waals surface area contributed by atoms with Gasteiger partial charge in [0.05, 0.1) is 18.8 Å². The average Bonchev–Trinajstić information content (AvgIpc) is 3.05.